The summed E-state index contributed by atoms with van der Waals surface area (Å²) in [5.74, 6) is -0.267. The molecule has 0 aliphatic heterocycles. The van der Waals surface area contributed by atoms with Crippen LogP contribution in [0.5, 0.6) is 0 Å². The average Bonchev–Trinajstić information content (AvgIpc) is 3.32. The highest BCUT2D eigenvalue weighted by atomic mass is 32.2. The van der Waals surface area contributed by atoms with Gasteiger partial charge in [0, 0.05) is 28.6 Å². The fourth-order valence-electron chi connectivity index (χ4n) is 4.34. The molecule has 198 valence electrons. The van der Waals surface area contributed by atoms with E-state index < -0.39 is 16.9 Å². The number of aromatic nitrogens is 2. The fraction of sp³-hybridized carbons (Fsp3) is 0.241. The van der Waals surface area contributed by atoms with E-state index >= 15 is 4.39 Å². The molecule has 0 aliphatic carbocycles. The first-order valence-electron chi connectivity index (χ1n) is 12.4. The van der Waals surface area contributed by atoms with Crippen molar-refractivity contribution >= 4 is 29.6 Å². The van der Waals surface area contributed by atoms with E-state index in [9.17, 15) is 13.6 Å². The Kier molecular flexibility index (Phi) is 9.49. The highest BCUT2D eigenvalue weighted by molar-refractivity contribution is 7.80. The third kappa shape index (κ3) is 6.78. The largest absolute Gasteiger partial charge is 0.347 e. The van der Waals surface area contributed by atoms with Gasteiger partial charge in [-0.05, 0) is 42.2 Å². The van der Waals surface area contributed by atoms with E-state index in [0.29, 0.717) is 35.3 Å². The van der Waals surface area contributed by atoms with Crippen molar-refractivity contribution < 1.29 is 17.9 Å². The third-order valence-electron chi connectivity index (χ3n) is 6.24. The van der Waals surface area contributed by atoms with Crippen LogP contribution < -0.4 is 5.32 Å². The zero-order valence-electron chi connectivity index (χ0n) is 21.0. The van der Waals surface area contributed by atoms with Crippen molar-refractivity contribution in [3.63, 3.8) is 0 Å². The predicted molar refractivity (Wildman–Crippen MR) is 151 cm³/mol. The minimum Gasteiger partial charge on any atom is -0.347 e. The molecule has 0 aliphatic rings. The lowest BCUT2D eigenvalue weighted by molar-refractivity contribution is 0.0935. The van der Waals surface area contributed by atoms with E-state index in [2.05, 4.69) is 23.0 Å². The average molecular weight is 552 g/mol. The van der Waals surface area contributed by atoms with Gasteiger partial charge in [-0.3, -0.25) is 9.48 Å². The zero-order chi connectivity index (χ0) is 27.1. The maximum absolute atomic E-state index is 15.2. The van der Waals surface area contributed by atoms with Crippen molar-refractivity contribution in [3.8, 4) is 11.1 Å². The fourth-order valence-corrected chi connectivity index (χ4v) is 5.13. The SMILES string of the molecule is CCCc1cc(C(=O)N[C@@H](CS)Cc2ccccc2)nn1Cc1ccc(-c2ccccc2S(=O)O)cc1F. The molecule has 0 fully saturated rings. The molecule has 1 amide bonds. The number of carbonyl (C=O) groups is 1. The Labute approximate surface area is 230 Å². The van der Waals surface area contributed by atoms with Gasteiger partial charge in [0.1, 0.15) is 11.5 Å². The molecule has 0 radical (unpaired) electrons. The topological polar surface area (TPSA) is 84.2 Å². The van der Waals surface area contributed by atoms with Gasteiger partial charge in [-0.1, -0.05) is 74.0 Å². The summed E-state index contributed by atoms with van der Waals surface area (Å²) in [6, 6.07) is 22.9. The quantitative estimate of drug-likeness (QED) is 0.169. The molecule has 2 atom stereocenters. The lowest BCUT2D eigenvalue weighted by Gasteiger charge is -2.16. The minimum atomic E-state index is -2.19. The van der Waals surface area contributed by atoms with Gasteiger partial charge in [0.25, 0.3) is 5.91 Å². The highest BCUT2D eigenvalue weighted by Crippen LogP contribution is 2.28. The Bertz CT molecular complexity index is 1430. The molecule has 9 heteroatoms. The second-order valence-electron chi connectivity index (χ2n) is 9.02. The van der Waals surface area contributed by atoms with Crippen LogP contribution in [0, 0.1) is 5.82 Å². The Hall–Kier alpha value is -3.27. The Morgan fingerprint density at radius 1 is 1.11 bits per heavy atom. The maximum atomic E-state index is 15.2. The summed E-state index contributed by atoms with van der Waals surface area (Å²) in [6.45, 7) is 2.19. The molecule has 4 aromatic rings. The van der Waals surface area contributed by atoms with Crippen molar-refractivity contribution in [2.24, 2.45) is 0 Å². The van der Waals surface area contributed by atoms with Gasteiger partial charge in [0.2, 0.25) is 0 Å². The second kappa shape index (κ2) is 13.0. The number of carbonyl (C=O) groups excluding carboxylic acids is 1. The van der Waals surface area contributed by atoms with E-state index in [1.807, 2.05) is 37.3 Å². The van der Waals surface area contributed by atoms with Crippen LogP contribution >= 0.6 is 12.6 Å². The summed E-state index contributed by atoms with van der Waals surface area (Å²) in [7, 11) is 0. The Balaban J connectivity index is 1.54. The molecule has 0 bridgehead atoms. The van der Waals surface area contributed by atoms with Crippen molar-refractivity contribution in [1.29, 1.82) is 0 Å². The second-order valence-corrected chi connectivity index (χ2v) is 10.3. The zero-order valence-corrected chi connectivity index (χ0v) is 22.7. The molecule has 0 saturated carbocycles. The summed E-state index contributed by atoms with van der Waals surface area (Å²) in [5, 5.41) is 7.54. The first kappa shape index (κ1) is 27.8. The van der Waals surface area contributed by atoms with E-state index in [0.717, 1.165) is 17.7 Å². The van der Waals surface area contributed by atoms with E-state index in [-0.39, 0.29) is 29.1 Å². The molecular weight excluding hydrogens is 521 g/mol. The van der Waals surface area contributed by atoms with Crippen LogP contribution in [0.4, 0.5) is 4.39 Å². The van der Waals surface area contributed by atoms with E-state index in [1.165, 1.54) is 6.07 Å². The van der Waals surface area contributed by atoms with Gasteiger partial charge < -0.3 is 9.87 Å². The number of hydrogen-bond acceptors (Lipinski definition) is 4. The molecule has 3 aromatic carbocycles. The highest BCUT2D eigenvalue weighted by Gasteiger charge is 2.19. The summed E-state index contributed by atoms with van der Waals surface area (Å²) < 4.78 is 38.1. The van der Waals surface area contributed by atoms with Gasteiger partial charge in [0.05, 0.1) is 11.4 Å². The Morgan fingerprint density at radius 2 is 1.84 bits per heavy atom. The molecule has 4 rings (SSSR count). The van der Waals surface area contributed by atoms with Gasteiger partial charge in [-0.25, -0.2) is 8.60 Å². The van der Waals surface area contributed by atoms with Gasteiger partial charge in [-0.2, -0.15) is 17.7 Å². The van der Waals surface area contributed by atoms with Gasteiger partial charge in [-0.15, -0.1) is 0 Å². The molecule has 2 N–H and O–H groups in total. The number of aryl methyl sites for hydroxylation is 1. The van der Waals surface area contributed by atoms with Crippen molar-refractivity contribution in [2.75, 3.05) is 5.75 Å². The van der Waals surface area contributed by atoms with Crippen molar-refractivity contribution in [3.05, 3.63) is 107 Å². The molecule has 38 heavy (non-hydrogen) atoms. The first-order chi connectivity index (χ1) is 18.4. The summed E-state index contributed by atoms with van der Waals surface area (Å²) in [4.78, 5) is 13.3. The lowest BCUT2D eigenvalue weighted by atomic mass is 10.0. The summed E-state index contributed by atoms with van der Waals surface area (Å²) in [5.41, 5.74) is 3.64. The molecule has 0 spiro atoms. The van der Waals surface area contributed by atoms with E-state index in [4.69, 9.17) is 0 Å². The maximum Gasteiger partial charge on any atom is 0.272 e. The van der Waals surface area contributed by atoms with Crippen LogP contribution in [0.15, 0.2) is 83.8 Å². The summed E-state index contributed by atoms with van der Waals surface area (Å²) in [6.07, 6.45) is 2.19. The molecule has 0 saturated heterocycles. The van der Waals surface area contributed by atoms with Crippen molar-refractivity contribution in [1.82, 2.24) is 15.1 Å². The van der Waals surface area contributed by atoms with Crippen LogP contribution in [-0.4, -0.2) is 36.2 Å². The molecule has 6 nitrogen and oxygen atoms in total. The van der Waals surface area contributed by atoms with Crippen LogP contribution in [0.2, 0.25) is 0 Å². The summed E-state index contributed by atoms with van der Waals surface area (Å²) >= 11 is 2.22. The molecular formula is C29H30FN3O3S2. The molecule has 1 aromatic heterocycles. The number of halogens is 1. The lowest BCUT2D eigenvalue weighted by Crippen LogP contribution is -2.38. The number of thiol groups is 1. The third-order valence-corrected chi connectivity index (χ3v) is 7.42. The number of hydrogen-bond donors (Lipinski definition) is 3. The van der Waals surface area contributed by atoms with Crippen LogP contribution in [0.3, 0.4) is 0 Å². The van der Waals surface area contributed by atoms with Crippen LogP contribution in [0.25, 0.3) is 11.1 Å². The number of amides is 1. The smallest absolute Gasteiger partial charge is 0.272 e. The van der Waals surface area contributed by atoms with Gasteiger partial charge in [0.15, 0.2) is 11.1 Å². The molecule has 1 unspecified atom stereocenters. The Morgan fingerprint density at radius 3 is 2.53 bits per heavy atom. The first-order valence-corrected chi connectivity index (χ1v) is 14.1. The predicted octanol–water partition coefficient (Wildman–Crippen LogP) is 5.54. The van der Waals surface area contributed by atoms with Crippen LogP contribution in [0.1, 0.15) is 40.7 Å². The van der Waals surface area contributed by atoms with Crippen molar-refractivity contribution in [2.45, 2.75) is 43.7 Å². The number of benzene rings is 3. The molecule has 1 heterocycles. The van der Waals surface area contributed by atoms with Gasteiger partial charge >= 0.3 is 0 Å². The number of nitrogens with zero attached hydrogens (tertiary/aromatic N) is 2. The minimum absolute atomic E-state index is 0.155. The number of nitrogens with one attached hydrogen (secondary N) is 1. The monoisotopic (exact) mass is 551 g/mol. The number of rotatable bonds is 11. The normalized spacial score (nSPS) is 12.7. The standard InChI is InChI=1S/C29H30FN3O3S2/c1-2-8-24-17-27(29(34)31-23(19-37)15-20-9-4-3-5-10-20)32-33(24)18-22-14-13-21(16-26(22)30)25-11-6-7-12-28(25)38(35)36/h3-7,9-14,16-17,23,37H,2,8,15,18-19H2,1H3,(H,31,34)(H,35,36)/t23-/m1/s1. The van der Waals surface area contributed by atoms with Crippen LogP contribution in [-0.2, 0) is 30.5 Å². The van der Waals surface area contributed by atoms with E-state index in [1.54, 1.807) is 47.1 Å².